The molecule has 0 aromatic carbocycles. The summed E-state index contributed by atoms with van der Waals surface area (Å²) in [5, 5.41) is 1.54. The number of nitrogens with zero attached hydrogens (tertiary/aromatic N) is 2. The van der Waals surface area contributed by atoms with Crippen molar-refractivity contribution in [3.63, 3.8) is 0 Å². The quantitative estimate of drug-likeness (QED) is 0.350. The molecule has 0 aliphatic carbocycles. The SMILES string of the molecule is CN1C(=O)C2CN(N)CC2C1=O. The minimum atomic E-state index is -0.188. The molecule has 2 aliphatic rings. The van der Waals surface area contributed by atoms with Crippen LogP contribution < -0.4 is 5.84 Å². The van der Waals surface area contributed by atoms with Crippen molar-refractivity contribution < 1.29 is 9.59 Å². The molecular weight excluding hydrogens is 158 g/mol. The molecule has 0 aromatic heterocycles. The van der Waals surface area contributed by atoms with Crippen LogP contribution in [0, 0.1) is 11.8 Å². The molecule has 2 unspecified atom stereocenters. The van der Waals surface area contributed by atoms with Crippen LogP contribution in [0.5, 0.6) is 0 Å². The molecule has 0 saturated carbocycles. The number of likely N-dealkylation sites (tertiary alicyclic amines) is 1. The van der Waals surface area contributed by atoms with Gasteiger partial charge in [0.05, 0.1) is 11.8 Å². The molecule has 0 bridgehead atoms. The molecule has 2 amide bonds. The zero-order valence-corrected chi connectivity index (χ0v) is 6.86. The summed E-state index contributed by atoms with van der Waals surface area (Å²) in [6.07, 6.45) is 0. The van der Waals surface area contributed by atoms with E-state index in [-0.39, 0.29) is 23.7 Å². The number of rotatable bonds is 0. The van der Waals surface area contributed by atoms with Crippen molar-refractivity contribution in [3.8, 4) is 0 Å². The first-order valence-corrected chi connectivity index (χ1v) is 3.92. The molecule has 2 fully saturated rings. The third kappa shape index (κ3) is 0.804. The van der Waals surface area contributed by atoms with Gasteiger partial charge < -0.3 is 0 Å². The van der Waals surface area contributed by atoms with E-state index >= 15 is 0 Å². The Kier molecular flexibility index (Phi) is 1.46. The maximum absolute atomic E-state index is 11.4. The van der Waals surface area contributed by atoms with Crippen molar-refractivity contribution in [1.82, 2.24) is 9.91 Å². The molecule has 0 radical (unpaired) electrons. The van der Waals surface area contributed by atoms with Crippen LogP contribution in [0.15, 0.2) is 0 Å². The summed E-state index contributed by atoms with van der Waals surface area (Å²) in [4.78, 5) is 23.9. The van der Waals surface area contributed by atoms with Gasteiger partial charge >= 0.3 is 0 Å². The molecule has 2 heterocycles. The molecule has 2 aliphatic heterocycles. The van der Waals surface area contributed by atoms with Gasteiger partial charge in [0.25, 0.3) is 0 Å². The predicted molar refractivity (Wildman–Crippen MR) is 40.5 cm³/mol. The number of imide groups is 1. The van der Waals surface area contributed by atoms with Gasteiger partial charge in [0.2, 0.25) is 11.8 Å². The van der Waals surface area contributed by atoms with E-state index < -0.39 is 0 Å². The van der Waals surface area contributed by atoms with Crippen LogP contribution in [0.3, 0.4) is 0 Å². The van der Waals surface area contributed by atoms with E-state index in [1.165, 1.54) is 17.0 Å². The van der Waals surface area contributed by atoms with Crippen molar-refractivity contribution in [1.29, 1.82) is 0 Å². The minimum absolute atomic E-state index is 0.0852. The Bertz CT molecular complexity index is 229. The second-order valence-corrected chi connectivity index (χ2v) is 3.40. The van der Waals surface area contributed by atoms with E-state index in [0.29, 0.717) is 13.1 Å². The van der Waals surface area contributed by atoms with Crippen LogP contribution in [-0.4, -0.2) is 41.9 Å². The molecule has 5 heteroatoms. The van der Waals surface area contributed by atoms with Crippen LogP contribution in [0.25, 0.3) is 0 Å². The third-order valence-corrected chi connectivity index (χ3v) is 2.64. The minimum Gasteiger partial charge on any atom is -0.285 e. The molecular formula is C7H11N3O2. The zero-order valence-electron chi connectivity index (χ0n) is 6.86. The van der Waals surface area contributed by atoms with E-state index in [0.717, 1.165) is 0 Å². The number of amides is 2. The molecule has 2 N–H and O–H groups in total. The predicted octanol–water partition coefficient (Wildman–Crippen LogP) is -1.59. The normalized spacial score (nSPS) is 36.3. The second-order valence-electron chi connectivity index (χ2n) is 3.40. The summed E-state index contributed by atoms with van der Waals surface area (Å²) in [7, 11) is 1.53. The summed E-state index contributed by atoms with van der Waals surface area (Å²) in [6.45, 7) is 1.03. The number of hydrogen-bond donors (Lipinski definition) is 1. The van der Waals surface area contributed by atoms with Crippen molar-refractivity contribution in [3.05, 3.63) is 0 Å². The number of fused-ring (bicyclic) bond motifs is 1. The fourth-order valence-electron chi connectivity index (χ4n) is 1.94. The molecule has 66 valence electrons. The first kappa shape index (κ1) is 7.70. The number of hydrazine groups is 1. The van der Waals surface area contributed by atoms with E-state index in [4.69, 9.17) is 5.84 Å². The van der Waals surface area contributed by atoms with Crippen LogP contribution in [0.1, 0.15) is 0 Å². The first-order chi connectivity index (χ1) is 5.61. The van der Waals surface area contributed by atoms with Crippen LogP contribution in [0.4, 0.5) is 0 Å². The van der Waals surface area contributed by atoms with Gasteiger partial charge in [0.15, 0.2) is 0 Å². The van der Waals surface area contributed by atoms with Crippen LogP contribution in [-0.2, 0) is 9.59 Å². The van der Waals surface area contributed by atoms with Crippen molar-refractivity contribution >= 4 is 11.8 Å². The van der Waals surface area contributed by atoms with Gasteiger partial charge in [-0.25, -0.2) is 5.01 Å². The average Bonchev–Trinajstić information content (AvgIpc) is 2.49. The van der Waals surface area contributed by atoms with Gasteiger partial charge in [-0.3, -0.25) is 20.3 Å². The molecule has 2 saturated heterocycles. The summed E-state index contributed by atoms with van der Waals surface area (Å²) in [5.74, 6) is 4.96. The highest BCUT2D eigenvalue weighted by atomic mass is 16.2. The maximum atomic E-state index is 11.4. The number of carbonyl (C=O) groups is 2. The fraction of sp³-hybridized carbons (Fsp3) is 0.714. The maximum Gasteiger partial charge on any atom is 0.234 e. The van der Waals surface area contributed by atoms with Crippen molar-refractivity contribution in [2.45, 2.75) is 0 Å². The summed E-state index contributed by atoms with van der Waals surface area (Å²) in [6, 6.07) is 0. The Morgan fingerprint density at radius 3 is 2.08 bits per heavy atom. The number of carbonyl (C=O) groups excluding carboxylic acids is 2. The first-order valence-electron chi connectivity index (χ1n) is 3.92. The van der Waals surface area contributed by atoms with Gasteiger partial charge in [-0.1, -0.05) is 0 Å². The van der Waals surface area contributed by atoms with E-state index in [1.54, 1.807) is 0 Å². The largest absolute Gasteiger partial charge is 0.285 e. The van der Waals surface area contributed by atoms with E-state index in [9.17, 15) is 9.59 Å². The van der Waals surface area contributed by atoms with Gasteiger partial charge in [0, 0.05) is 20.1 Å². The monoisotopic (exact) mass is 169 g/mol. The van der Waals surface area contributed by atoms with Crippen molar-refractivity contribution in [2.24, 2.45) is 17.7 Å². The van der Waals surface area contributed by atoms with Crippen molar-refractivity contribution in [2.75, 3.05) is 20.1 Å². The average molecular weight is 169 g/mol. The Balaban J connectivity index is 2.27. The zero-order chi connectivity index (χ0) is 8.88. The lowest BCUT2D eigenvalue weighted by molar-refractivity contribution is -0.138. The lowest BCUT2D eigenvalue weighted by Gasteiger charge is -2.12. The van der Waals surface area contributed by atoms with Crippen LogP contribution in [0.2, 0.25) is 0 Å². The number of nitrogens with two attached hydrogens (primary N) is 1. The molecule has 0 aromatic rings. The Morgan fingerprint density at radius 1 is 1.25 bits per heavy atom. The Morgan fingerprint density at radius 2 is 1.67 bits per heavy atom. The highest BCUT2D eigenvalue weighted by Crippen LogP contribution is 2.30. The topological polar surface area (TPSA) is 66.6 Å². The van der Waals surface area contributed by atoms with E-state index in [2.05, 4.69) is 0 Å². The fourth-order valence-corrected chi connectivity index (χ4v) is 1.94. The van der Waals surface area contributed by atoms with Gasteiger partial charge in [0.1, 0.15) is 0 Å². The molecule has 0 spiro atoms. The Labute approximate surface area is 70.1 Å². The summed E-state index contributed by atoms with van der Waals surface area (Å²) in [5.41, 5.74) is 0. The van der Waals surface area contributed by atoms with Gasteiger partial charge in [-0.05, 0) is 0 Å². The highest BCUT2D eigenvalue weighted by Gasteiger charge is 2.50. The second kappa shape index (κ2) is 2.27. The van der Waals surface area contributed by atoms with Crippen LogP contribution >= 0.6 is 0 Å². The lowest BCUT2D eigenvalue weighted by atomic mass is 10.00. The summed E-state index contributed by atoms with van der Waals surface area (Å²) >= 11 is 0. The molecule has 2 rings (SSSR count). The molecule has 2 atom stereocenters. The lowest BCUT2D eigenvalue weighted by Crippen LogP contribution is -2.36. The highest BCUT2D eigenvalue weighted by molar-refractivity contribution is 6.05. The number of hydrogen-bond acceptors (Lipinski definition) is 4. The smallest absolute Gasteiger partial charge is 0.234 e. The molecule has 12 heavy (non-hydrogen) atoms. The third-order valence-electron chi connectivity index (χ3n) is 2.64. The summed E-state index contributed by atoms with van der Waals surface area (Å²) < 4.78 is 0. The van der Waals surface area contributed by atoms with E-state index in [1.807, 2.05) is 0 Å². The van der Waals surface area contributed by atoms with Gasteiger partial charge in [-0.2, -0.15) is 0 Å². The van der Waals surface area contributed by atoms with Gasteiger partial charge in [-0.15, -0.1) is 0 Å². The standard InChI is InChI=1S/C7H11N3O2/c1-9-6(11)4-2-10(8)3-5(4)7(9)12/h4-5H,2-3,8H2,1H3. The Hall–Kier alpha value is -0.940. The molecule has 5 nitrogen and oxygen atoms in total.